The molecule has 0 aliphatic rings. The van der Waals surface area contributed by atoms with Crippen molar-refractivity contribution in [3.05, 3.63) is 47.7 Å². The van der Waals surface area contributed by atoms with Crippen molar-refractivity contribution in [3.63, 3.8) is 0 Å². The van der Waals surface area contributed by atoms with Crippen LogP contribution in [0.5, 0.6) is 0 Å². The molecular weight excluding hydrogens is 188 g/mol. The Balaban J connectivity index is 1.99. The molecule has 0 aliphatic heterocycles. The lowest BCUT2D eigenvalue weighted by atomic mass is 10.1. The Labute approximate surface area is 88.9 Å². The van der Waals surface area contributed by atoms with E-state index in [1.807, 2.05) is 25.1 Å². The molecule has 0 radical (unpaired) electrons. The second kappa shape index (κ2) is 4.17. The lowest BCUT2D eigenvalue weighted by Crippen LogP contribution is -1.93. The van der Waals surface area contributed by atoms with Gasteiger partial charge < -0.3 is 10.2 Å². The van der Waals surface area contributed by atoms with Gasteiger partial charge in [0.05, 0.1) is 6.20 Å². The zero-order valence-electron chi connectivity index (χ0n) is 8.73. The number of hydrogen-bond donors (Lipinski definition) is 1. The van der Waals surface area contributed by atoms with E-state index >= 15 is 0 Å². The normalized spacial score (nSPS) is 10.5. The van der Waals surface area contributed by atoms with Crippen LogP contribution in [0.1, 0.15) is 17.2 Å². The Kier molecular flexibility index (Phi) is 2.72. The SMILES string of the molecule is Cc1cnc(CCc2cccc(N)c2)o1. The maximum absolute atomic E-state index is 5.69. The molecule has 0 bridgehead atoms. The smallest absolute Gasteiger partial charge is 0.194 e. The summed E-state index contributed by atoms with van der Waals surface area (Å²) in [6, 6.07) is 7.90. The fraction of sp³-hybridized carbons (Fsp3) is 0.250. The molecule has 15 heavy (non-hydrogen) atoms. The Hall–Kier alpha value is -1.77. The molecule has 0 saturated heterocycles. The largest absolute Gasteiger partial charge is 0.446 e. The van der Waals surface area contributed by atoms with E-state index in [0.29, 0.717) is 0 Å². The van der Waals surface area contributed by atoms with E-state index in [4.69, 9.17) is 10.2 Å². The summed E-state index contributed by atoms with van der Waals surface area (Å²) in [6.45, 7) is 1.90. The van der Waals surface area contributed by atoms with Crippen molar-refractivity contribution in [2.75, 3.05) is 5.73 Å². The van der Waals surface area contributed by atoms with Gasteiger partial charge in [0.15, 0.2) is 5.89 Å². The minimum Gasteiger partial charge on any atom is -0.446 e. The molecule has 0 unspecified atom stereocenters. The van der Waals surface area contributed by atoms with Crippen molar-refractivity contribution in [3.8, 4) is 0 Å². The lowest BCUT2D eigenvalue weighted by molar-refractivity contribution is 0.470. The fourth-order valence-electron chi connectivity index (χ4n) is 1.52. The molecule has 0 fully saturated rings. The monoisotopic (exact) mass is 202 g/mol. The number of oxazole rings is 1. The number of aromatic nitrogens is 1. The third-order valence-electron chi connectivity index (χ3n) is 2.25. The van der Waals surface area contributed by atoms with Gasteiger partial charge in [-0.2, -0.15) is 0 Å². The van der Waals surface area contributed by atoms with Gasteiger partial charge >= 0.3 is 0 Å². The van der Waals surface area contributed by atoms with E-state index in [1.54, 1.807) is 6.20 Å². The molecule has 0 atom stereocenters. The van der Waals surface area contributed by atoms with Crippen LogP contribution in [0.4, 0.5) is 5.69 Å². The molecule has 0 spiro atoms. The van der Waals surface area contributed by atoms with Crippen LogP contribution in [0.25, 0.3) is 0 Å². The van der Waals surface area contributed by atoms with Crippen molar-refractivity contribution >= 4 is 5.69 Å². The number of benzene rings is 1. The maximum Gasteiger partial charge on any atom is 0.194 e. The molecule has 0 saturated carbocycles. The van der Waals surface area contributed by atoms with E-state index in [-0.39, 0.29) is 0 Å². The topological polar surface area (TPSA) is 52.0 Å². The quantitative estimate of drug-likeness (QED) is 0.777. The number of rotatable bonds is 3. The summed E-state index contributed by atoms with van der Waals surface area (Å²) in [4.78, 5) is 4.16. The van der Waals surface area contributed by atoms with Crippen LogP contribution in [0.3, 0.4) is 0 Å². The maximum atomic E-state index is 5.69. The minimum absolute atomic E-state index is 0.787. The third-order valence-corrected chi connectivity index (χ3v) is 2.25. The second-order valence-corrected chi connectivity index (χ2v) is 3.61. The van der Waals surface area contributed by atoms with Crippen LogP contribution in [-0.2, 0) is 12.8 Å². The van der Waals surface area contributed by atoms with Crippen molar-refractivity contribution in [2.45, 2.75) is 19.8 Å². The van der Waals surface area contributed by atoms with Gasteiger partial charge in [-0.05, 0) is 31.0 Å². The van der Waals surface area contributed by atoms with Crippen molar-refractivity contribution in [2.24, 2.45) is 0 Å². The number of nitrogens with zero attached hydrogens (tertiary/aromatic N) is 1. The van der Waals surface area contributed by atoms with Gasteiger partial charge in [-0.1, -0.05) is 12.1 Å². The highest BCUT2D eigenvalue weighted by Gasteiger charge is 2.01. The Morgan fingerprint density at radius 1 is 1.33 bits per heavy atom. The van der Waals surface area contributed by atoms with Crippen LogP contribution in [-0.4, -0.2) is 4.98 Å². The first-order valence-electron chi connectivity index (χ1n) is 5.00. The van der Waals surface area contributed by atoms with Crippen LogP contribution in [0, 0.1) is 6.92 Å². The number of hydrogen-bond acceptors (Lipinski definition) is 3. The van der Waals surface area contributed by atoms with Gasteiger partial charge in [0.2, 0.25) is 0 Å². The first-order chi connectivity index (χ1) is 7.24. The van der Waals surface area contributed by atoms with Gasteiger partial charge in [-0.25, -0.2) is 4.98 Å². The number of nitrogen functional groups attached to an aromatic ring is 1. The van der Waals surface area contributed by atoms with Gasteiger partial charge in [0.1, 0.15) is 5.76 Å². The zero-order chi connectivity index (χ0) is 10.7. The summed E-state index contributed by atoms with van der Waals surface area (Å²) in [7, 11) is 0. The van der Waals surface area contributed by atoms with Crippen LogP contribution >= 0.6 is 0 Å². The van der Waals surface area contributed by atoms with E-state index in [1.165, 1.54) is 5.56 Å². The summed E-state index contributed by atoms with van der Waals surface area (Å²) in [6.07, 6.45) is 3.47. The first kappa shape index (κ1) is 9.77. The average Bonchev–Trinajstić information content (AvgIpc) is 2.62. The van der Waals surface area contributed by atoms with Crippen LogP contribution in [0.2, 0.25) is 0 Å². The minimum atomic E-state index is 0.787. The lowest BCUT2D eigenvalue weighted by Gasteiger charge is -1.99. The van der Waals surface area contributed by atoms with Crippen molar-refractivity contribution < 1.29 is 4.42 Å². The molecule has 0 aliphatic carbocycles. The summed E-state index contributed by atoms with van der Waals surface area (Å²) < 4.78 is 5.39. The highest BCUT2D eigenvalue weighted by atomic mass is 16.3. The van der Waals surface area contributed by atoms with E-state index in [2.05, 4.69) is 11.1 Å². The number of anilines is 1. The standard InChI is InChI=1S/C12H14N2O/c1-9-8-14-12(15-9)6-5-10-3-2-4-11(13)7-10/h2-4,7-8H,5-6,13H2,1H3. The molecule has 1 heterocycles. The summed E-state index contributed by atoms with van der Waals surface area (Å²) in [5.41, 5.74) is 7.71. The van der Waals surface area contributed by atoms with Gasteiger partial charge in [-0.3, -0.25) is 0 Å². The predicted octanol–water partition coefficient (Wildman–Crippen LogP) is 2.35. The van der Waals surface area contributed by atoms with E-state index in [0.717, 1.165) is 30.2 Å². The molecule has 1 aromatic heterocycles. The predicted molar refractivity (Wildman–Crippen MR) is 59.5 cm³/mol. The Morgan fingerprint density at radius 2 is 2.20 bits per heavy atom. The molecule has 2 rings (SSSR count). The van der Waals surface area contributed by atoms with Gasteiger partial charge in [0.25, 0.3) is 0 Å². The molecule has 1 aromatic carbocycles. The van der Waals surface area contributed by atoms with Crippen molar-refractivity contribution in [1.29, 1.82) is 0 Å². The fourth-order valence-corrected chi connectivity index (χ4v) is 1.52. The van der Waals surface area contributed by atoms with Crippen molar-refractivity contribution in [1.82, 2.24) is 4.98 Å². The zero-order valence-corrected chi connectivity index (χ0v) is 8.73. The van der Waals surface area contributed by atoms with E-state index in [9.17, 15) is 0 Å². The summed E-state index contributed by atoms with van der Waals surface area (Å²) in [5.74, 6) is 1.65. The number of nitrogens with two attached hydrogens (primary N) is 1. The molecule has 2 aromatic rings. The highest BCUT2D eigenvalue weighted by Crippen LogP contribution is 2.10. The van der Waals surface area contributed by atoms with Gasteiger partial charge in [0, 0.05) is 12.1 Å². The third kappa shape index (κ3) is 2.59. The molecule has 3 heteroatoms. The second-order valence-electron chi connectivity index (χ2n) is 3.61. The molecule has 78 valence electrons. The average molecular weight is 202 g/mol. The van der Waals surface area contributed by atoms with Crippen LogP contribution < -0.4 is 5.73 Å². The Morgan fingerprint density at radius 3 is 2.87 bits per heavy atom. The highest BCUT2D eigenvalue weighted by molar-refractivity contribution is 5.40. The molecule has 2 N–H and O–H groups in total. The van der Waals surface area contributed by atoms with E-state index < -0.39 is 0 Å². The van der Waals surface area contributed by atoms with Gasteiger partial charge in [-0.15, -0.1) is 0 Å². The number of aryl methyl sites for hydroxylation is 3. The molecule has 3 nitrogen and oxygen atoms in total. The molecular formula is C12H14N2O. The van der Waals surface area contributed by atoms with Crippen LogP contribution in [0.15, 0.2) is 34.9 Å². The molecule has 0 amide bonds. The first-order valence-corrected chi connectivity index (χ1v) is 5.00. The summed E-state index contributed by atoms with van der Waals surface area (Å²) in [5, 5.41) is 0. The summed E-state index contributed by atoms with van der Waals surface area (Å²) >= 11 is 0. The Bertz CT molecular complexity index is 448.